The molecule has 132 valence electrons. The van der Waals surface area contributed by atoms with E-state index in [-0.39, 0.29) is 0 Å². The number of fused-ring (bicyclic) bond motifs is 1. The Morgan fingerprint density at radius 3 is 2.36 bits per heavy atom. The summed E-state index contributed by atoms with van der Waals surface area (Å²) < 4.78 is 25.7. The number of hydrogen-bond acceptors (Lipinski definition) is 4. The third-order valence-corrected chi connectivity index (χ3v) is 7.24. The van der Waals surface area contributed by atoms with Crippen molar-refractivity contribution < 1.29 is 8.42 Å². The first-order valence-corrected chi connectivity index (χ1v) is 10.4. The minimum Gasteiger partial charge on any atom is -0.368 e. The summed E-state index contributed by atoms with van der Waals surface area (Å²) in [6.45, 7) is 3.27. The standard InChI is InChI=1S/C20H24N2O2S/c1-21-12-10-17(11-13-21)22-14-9-16-15-19(7-8-20(16)22)25(23,24)18-5-3-2-4-6-18/h2-8,15,17H,9-14H2,1H3. The lowest BCUT2D eigenvalue weighted by Gasteiger charge is -2.36. The van der Waals surface area contributed by atoms with Crippen LogP contribution in [-0.2, 0) is 16.3 Å². The van der Waals surface area contributed by atoms with E-state index in [4.69, 9.17) is 0 Å². The Kier molecular flexibility index (Phi) is 4.29. The SMILES string of the molecule is CN1CCC(N2CCc3cc(S(=O)(=O)c4ccccc4)ccc32)CC1. The van der Waals surface area contributed by atoms with Crippen LogP contribution in [0.5, 0.6) is 0 Å². The molecule has 2 heterocycles. The van der Waals surface area contributed by atoms with Gasteiger partial charge in [0.25, 0.3) is 0 Å². The van der Waals surface area contributed by atoms with Crippen LogP contribution in [0.25, 0.3) is 0 Å². The summed E-state index contributed by atoms with van der Waals surface area (Å²) in [5.74, 6) is 0. The largest absolute Gasteiger partial charge is 0.368 e. The highest BCUT2D eigenvalue weighted by Crippen LogP contribution is 2.35. The van der Waals surface area contributed by atoms with Gasteiger partial charge in [-0.1, -0.05) is 18.2 Å². The molecule has 0 bridgehead atoms. The first-order chi connectivity index (χ1) is 12.1. The molecule has 0 aromatic heterocycles. The first kappa shape index (κ1) is 16.6. The predicted octanol–water partition coefficient (Wildman–Crippen LogP) is 2.98. The van der Waals surface area contributed by atoms with Gasteiger partial charge in [-0.3, -0.25) is 0 Å². The Bertz CT molecular complexity index is 857. The zero-order chi connectivity index (χ0) is 17.4. The Morgan fingerprint density at radius 1 is 0.920 bits per heavy atom. The maximum atomic E-state index is 12.8. The predicted molar refractivity (Wildman–Crippen MR) is 99.9 cm³/mol. The van der Waals surface area contributed by atoms with Crippen molar-refractivity contribution >= 4 is 15.5 Å². The van der Waals surface area contributed by atoms with E-state index in [0.717, 1.165) is 31.6 Å². The fraction of sp³-hybridized carbons (Fsp3) is 0.400. The van der Waals surface area contributed by atoms with Crippen molar-refractivity contribution in [1.29, 1.82) is 0 Å². The summed E-state index contributed by atoms with van der Waals surface area (Å²) in [6, 6.07) is 14.9. The fourth-order valence-corrected chi connectivity index (χ4v) is 5.32. The van der Waals surface area contributed by atoms with Gasteiger partial charge in [-0.2, -0.15) is 0 Å². The molecule has 0 radical (unpaired) electrons. The molecule has 0 amide bonds. The van der Waals surface area contributed by atoms with E-state index in [1.54, 1.807) is 30.3 Å². The highest BCUT2D eigenvalue weighted by Gasteiger charge is 2.29. The zero-order valence-electron chi connectivity index (χ0n) is 14.6. The maximum absolute atomic E-state index is 12.8. The summed E-state index contributed by atoms with van der Waals surface area (Å²) >= 11 is 0. The van der Waals surface area contributed by atoms with Gasteiger partial charge in [0.2, 0.25) is 9.84 Å². The minimum atomic E-state index is -3.44. The minimum absolute atomic E-state index is 0.361. The molecule has 0 atom stereocenters. The highest BCUT2D eigenvalue weighted by molar-refractivity contribution is 7.91. The van der Waals surface area contributed by atoms with Crippen LogP contribution in [0.4, 0.5) is 5.69 Å². The summed E-state index contributed by atoms with van der Waals surface area (Å²) in [4.78, 5) is 5.63. The van der Waals surface area contributed by atoms with E-state index < -0.39 is 9.84 Å². The molecule has 0 unspecified atom stereocenters. The van der Waals surface area contributed by atoms with Crippen molar-refractivity contribution in [3.63, 3.8) is 0 Å². The molecular weight excluding hydrogens is 332 g/mol. The van der Waals surface area contributed by atoms with Gasteiger partial charge in [-0.25, -0.2) is 8.42 Å². The van der Waals surface area contributed by atoms with Gasteiger partial charge in [0.15, 0.2) is 0 Å². The summed E-state index contributed by atoms with van der Waals surface area (Å²) in [6.07, 6.45) is 3.29. The third-order valence-electron chi connectivity index (χ3n) is 5.48. The number of nitrogens with zero attached hydrogens (tertiary/aromatic N) is 2. The van der Waals surface area contributed by atoms with Crippen LogP contribution in [-0.4, -0.2) is 46.0 Å². The van der Waals surface area contributed by atoms with Crippen molar-refractivity contribution in [2.45, 2.75) is 35.1 Å². The summed E-state index contributed by atoms with van der Waals surface area (Å²) in [7, 11) is -1.26. The van der Waals surface area contributed by atoms with Crippen LogP contribution in [0.3, 0.4) is 0 Å². The van der Waals surface area contributed by atoms with Crippen molar-refractivity contribution in [3.05, 3.63) is 54.1 Å². The fourth-order valence-electron chi connectivity index (χ4n) is 3.99. The average molecular weight is 356 g/mol. The quantitative estimate of drug-likeness (QED) is 0.848. The molecule has 5 heteroatoms. The molecule has 1 saturated heterocycles. The monoisotopic (exact) mass is 356 g/mol. The Labute approximate surface area is 150 Å². The molecular formula is C20H24N2O2S. The van der Waals surface area contributed by atoms with E-state index in [2.05, 4.69) is 16.8 Å². The first-order valence-electron chi connectivity index (χ1n) is 8.94. The van der Waals surface area contributed by atoms with Gasteiger partial charge in [-0.15, -0.1) is 0 Å². The van der Waals surface area contributed by atoms with Gasteiger partial charge in [-0.05, 0) is 75.3 Å². The average Bonchev–Trinajstić information content (AvgIpc) is 3.06. The second kappa shape index (κ2) is 6.46. The van der Waals surface area contributed by atoms with Gasteiger partial charge in [0.05, 0.1) is 9.79 Å². The van der Waals surface area contributed by atoms with Crippen LogP contribution >= 0.6 is 0 Å². The molecule has 0 N–H and O–H groups in total. The van der Waals surface area contributed by atoms with Gasteiger partial charge >= 0.3 is 0 Å². The number of sulfone groups is 1. The molecule has 2 aliphatic rings. The van der Waals surface area contributed by atoms with E-state index in [1.807, 2.05) is 18.2 Å². The van der Waals surface area contributed by atoms with Crippen LogP contribution in [0.2, 0.25) is 0 Å². The Balaban J connectivity index is 1.62. The van der Waals surface area contributed by atoms with Gasteiger partial charge in [0.1, 0.15) is 0 Å². The van der Waals surface area contributed by atoms with Crippen molar-refractivity contribution in [3.8, 4) is 0 Å². The lowest BCUT2D eigenvalue weighted by atomic mass is 10.0. The molecule has 25 heavy (non-hydrogen) atoms. The van der Waals surface area contributed by atoms with Crippen molar-refractivity contribution in [1.82, 2.24) is 4.90 Å². The van der Waals surface area contributed by atoms with E-state index in [9.17, 15) is 8.42 Å². The van der Waals surface area contributed by atoms with Crippen LogP contribution in [0, 0.1) is 0 Å². The van der Waals surface area contributed by atoms with E-state index in [1.165, 1.54) is 18.5 Å². The van der Waals surface area contributed by atoms with Crippen LogP contribution in [0.1, 0.15) is 18.4 Å². The lowest BCUT2D eigenvalue weighted by molar-refractivity contribution is 0.251. The van der Waals surface area contributed by atoms with Gasteiger partial charge in [0, 0.05) is 18.3 Å². The molecule has 2 aromatic carbocycles. The number of rotatable bonds is 3. The molecule has 4 nitrogen and oxygen atoms in total. The van der Waals surface area contributed by atoms with E-state index >= 15 is 0 Å². The smallest absolute Gasteiger partial charge is 0.206 e. The number of hydrogen-bond donors (Lipinski definition) is 0. The topological polar surface area (TPSA) is 40.6 Å². The molecule has 0 aliphatic carbocycles. The lowest BCUT2D eigenvalue weighted by Crippen LogP contribution is -2.43. The third kappa shape index (κ3) is 3.07. The maximum Gasteiger partial charge on any atom is 0.206 e. The number of piperidine rings is 1. The van der Waals surface area contributed by atoms with Gasteiger partial charge < -0.3 is 9.80 Å². The summed E-state index contributed by atoms with van der Waals surface area (Å²) in [5.41, 5.74) is 2.39. The Hall–Kier alpha value is -1.85. The number of likely N-dealkylation sites (tertiary alicyclic amines) is 1. The van der Waals surface area contributed by atoms with E-state index in [0.29, 0.717) is 15.8 Å². The number of benzene rings is 2. The molecule has 1 fully saturated rings. The molecule has 2 aromatic rings. The summed E-state index contributed by atoms with van der Waals surface area (Å²) in [5, 5.41) is 0. The highest BCUT2D eigenvalue weighted by atomic mass is 32.2. The van der Waals surface area contributed by atoms with Crippen molar-refractivity contribution in [2.75, 3.05) is 31.6 Å². The second-order valence-corrected chi connectivity index (χ2v) is 9.03. The van der Waals surface area contributed by atoms with Crippen LogP contribution < -0.4 is 4.90 Å². The van der Waals surface area contributed by atoms with Crippen LogP contribution in [0.15, 0.2) is 58.3 Å². The molecule has 0 saturated carbocycles. The zero-order valence-corrected chi connectivity index (χ0v) is 15.4. The molecule has 0 spiro atoms. The van der Waals surface area contributed by atoms with Crippen molar-refractivity contribution in [2.24, 2.45) is 0 Å². The normalized spacial score (nSPS) is 19.2. The Morgan fingerprint density at radius 2 is 1.64 bits per heavy atom. The molecule has 2 aliphatic heterocycles. The second-order valence-electron chi connectivity index (χ2n) is 7.08. The molecule has 4 rings (SSSR count). The number of anilines is 1.